The standard InChI is InChI=1S/C15H11F4NO/c16-13-7-6-11(9-12(13)15(17,18)19)20-14(21)8-10-4-2-1-3-5-10/h1-7,9H,8H2,(H,20,21). The minimum absolute atomic E-state index is 0.0273. The van der Waals surface area contributed by atoms with E-state index in [1.165, 1.54) is 0 Å². The molecule has 0 spiro atoms. The summed E-state index contributed by atoms with van der Waals surface area (Å²) in [7, 11) is 0. The van der Waals surface area contributed by atoms with E-state index in [0.29, 0.717) is 12.1 Å². The van der Waals surface area contributed by atoms with Gasteiger partial charge in [0.2, 0.25) is 5.91 Å². The largest absolute Gasteiger partial charge is 0.419 e. The topological polar surface area (TPSA) is 29.1 Å². The molecule has 0 bridgehead atoms. The number of nitrogens with one attached hydrogen (secondary N) is 1. The second-order valence-electron chi connectivity index (χ2n) is 4.40. The Kier molecular flexibility index (Phi) is 4.26. The molecule has 1 amide bonds. The molecule has 2 aromatic rings. The van der Waals surface area contributed by atoms with Crippen LogP contribution in [-0.2, 0) is 17.4 Å². The van der Waals surface area contributed by atoms with E-state index in [4.69, 9.17) is 0 Å². The number of rotatable bonds is 3. The third kappa shape index (κ3) is 4.05. The highest BCUT2D eigenvalue weighted by molar-refractivity contribution is 5.92. The monoisotopic (exact) mass is 297 g/mol. The maximum absolute atomic E-state index is 13.1. The number of anilines is 1. The van der Waals surface area contributed by atoms with Gasteiger partial charge in [-0.15, -0.1) is 0 Å². The zero-order valence-electron chi connectivity index (χ0n) is 10.7. The van der Waals surface area contributed by atoms with Crippen molar-refractivity contribution >= 4 is 11.6 Å². The smallest absolute Gasteiger partial charge is 0.326 e. The van der Waals surface area contributed by atoms with Gasteiger partial charge in [0, 0.05) is 5.69 Å². The molecule has 0 heterocycles. The molecule has 2 rings (SSSR count). The summed E-state index contributed by atoms with van der Waals surface area (Å²) in [5.74, 6) is -1.84. The van der Waals surface area contributed by atoms with E-state index in [9.17, 15) is 22.4 Å². The first kappa shape index (κ1) is 15.0. The summed E-state index contributed by atoms with van der Waals surface area (Å²) in [4.78, 5) is 11.7. The lowest BCUT2D eigenvalue weighted by Gasteiger charge is -2.11. The minimum Gasteiger partial charge on any atom is -0.326 e. The lowest BCUT2D eigenvalue weighted by Crippen LogP contribution is -2.16. The van der Waals surface area contributed by atoms with E-state index in [1.807, 2.05) is 0 Å². The number of hydrogen-bond donors (Lipinski definition) is 1. The quantitative estimate of drug-likeness (QED) is 0.852. The Morgan fingerprint density at radius 1 is 1.05 bits per heavy atom. The summed E-state index contributed by atoms with van der Waals surface area (Å²) in [6, 6.07) is 11.1. The normalized spacial score (nSPS) is 11.2. The number of alkyl halides is 3. The molecular weight excluding hydrogens is 286 g/mol. The molecule has 2 nitrogen and oxygen atoms in total. The summed E-state index contributed by atoms with van der Waals surface area (Å²) in [5, 5.41) is 2.32. The van der Waals surface area contributed by atoms with Crippen LogP contribution in [0.15, 0.2) is 48.5 Å². The molecule has 0 saturated heterocycles. The van der Waals surface area contributed by atoms with Gasteiger partial charge in [0.05, 0.1) is 12.0 Å². The van der Waals surface area contributed by atoms with Gasteiger partial charge in [0.15, 0.2) is 0 Å². The summed E-state index contributed by atoms with van der Waals surface area (Å²) in [5.41, 5.74) is -0.766. The molecule has 0 aliphatic heterocycles. The van der Waals surface area contributed by atoms with Crippen molar-refractivity contribution in [2.24, 2.45) is 0 Å². The highest BCUT2D eigenvalue weighted by atomic mass is 19.4. The molecule has 2 aromatic carbocycles. The second-order valence-corrected chi connectivity index (χ2v) is 4.40. The number of carbonyl (C=O) groups is 1. The molecule has 21 heavy (non-hydrogen) atoms. The fourth-order valence-corrected chi connectivity index (χ4v) is 1.81. The third-order valence-electron chi connectivity index (χ3n) is 2.76. The van der Waals surface area contributed by atoms with E-state index < -0.39 is 23.5 Å². The predicted molar refractivity (Wildman–Crippen MR) is 70.2 cm³/mol. The van der Waals surface area contributed by atoms with Gasteiger partial charge < -0.3 is 5.32 Å². The number of carbonyl (C=O) groups excluding carboxylic acids is 1. The fraction of sp³-hybridized carbons (Fsp3) is 0.133. The van der Waals surface area contributed by atoms with E-state index in [2.05, 4.69) is 5.32 Å². The highest BCUT2D eigenvalue weighted by Gasteiger charge is 2.34. The van der Waals surface area contributed by atoms with E-state index in [0.717, 1.165) is 11.6 Å². The zero-order chi connectivity index (χ0) is 15.5. The summed E-state index contributed by atoms with van der Waals surface area (Å²) in [6.07, 6.45) is -4.77. The van der Waals surface area contributed by atoms with Crippen molar-refractivity contribution in [3.8, 4) is 0 Å². The Balaban J connectivity index is 2.11. The van der Waals surface area contributed by atoms with Crippen LogP contribution in [0.2, 0.25) is 0 Å². The number of benzene rings is 2. The van der Waals surface area contributed by atoms with Crippen molar-refractivity contribution < 1.29 is 22.4 Å². The Labute approximate surface area is 118 Å². The van der Waals surface area contributed by atoms with Crippen molar-refractivity contribution in [2.75, 3.05) is 5.32 Å². The highest BCUT2D eigenvalue weighted by Crippen LogP contribution is 2.32. The van der Waals surface area contributed by atoms with Crippen LogP contribution in [0.3, 0.4) is 0 Å². The fourth-order valence-electron chi connectivity index (χ4n) is 1.81. The van der Waals surface area contributed by atoms with Crippen molar-refractivity contribution in [3.05, 3.63) is 65.5 Å². The first-order valence-electron chi connectivity index (χ1n) is 6.07. The molecule has 0 radical (unpaired) electrons. The first-order valence-corrected chi connectivity index (χ1v) is 6.07. The Hall–Kier alpha value is -2.37. The van der Waals surface area contributed by atoms with Crippen LogP contribution < -0.4 is 5.32 Å². The molecule has 0 fully saturated rings. The lowest BCUT2D eigenvalue weighted by atomic mass is 10.1. The van der Waals surface area contributed by atoms with Gasteiger partial charge in [-0.05, 0) is 23.8 Å². The molecule has 110 valence electrons. The SMILES string of the molecule is O=C(Cc1ccccc1)Nc1ccc(F)c(C(F)(F)F)c1. The van der Waals surface area contributed by atoms with Crippen LogP contribution in [0.4, 0.5) is 23.2 Å². The van der Waals surface area contributed by atoms with Crippen LogP contribution in [0.5, 0.6) is 0 Å². The third-order valence-corrected chi connectivity index (χ3v) is 2.76. The molecule has 6 heteroatoms. The van der Waals surface area contributed by atoms with Gasteiger partial charge >= 0.3 is 6.18 Å². The molecule has 0 aliphatic rings. The average molecular weight is 297 g/mol. The second kappa shape index (κ2) is 5.95. The Morgan fingerprint density at radius 3 is 2.33 bits per heavy atom. The van der Waals surface area contributed by atoms with Crippen LogP contribution >= 0.6 is 0 Å². The van der Waals surface area contributed by atoms with Gasteiger partial charge in [-0.1, -0.05) is 30.3 Å². The Morgan fingerprint density at radius 2 is 1.71 bits per heavy atom. The Bertz CT molecular complexity index is 638. The maximum atomic E-state index is 13.1. The molecule has 0 saturated carbocycles. The van der Waals surface area contributed by atoms with Crippen molar-refractivity contribution in [2.45, 2.75) is 12.6 Å². The summed E-state index contributed by atoms with van der Waals surface area (Å²) >= 11 is 0. The molecule has 1 N–H and O–H groups in total. The van der Waals surface area contributed by atoms with Gasteiger partial charge in [-0.25, -0.2) is 4.39 Å². The van der Waals surface area contributed by atoms with Crippen molar-refractivity contribution in [1.82, 2.24) is 0 Å². The molecule has 0 atom stereocenters. The van der Waals surface area contributed by atoms with Crippen molar-refractivity contribution in [1.29, 1.82) is 0 Å². The van der Waals surface area contributed by atoms with Gasteiger partial charge in [0.25, 0.3) is 0 Å². The van der Waals surface area contributed by atoms with E-state index >= 15 is 0 Å². The summed E-state index contributed by atoms with van der Waals surface area (Å²) in [6.45, 7) is 0. The number of halogens is 4. The lowest BCUT2D eigenvalue weighted by molar-refractivity contribution is -0.140. The molecule has 0 aromatic heterocycles. The molecule has 0 aliphatic carbocycles. The van der Waals surface area contributed by atoms with Crippen molar-refractivity contribution in [3.63, 3.8) is 0 Å². The van der Waals surface area contributed by atoms with Crippen LogP contribution in [0.1, 0.15) is 11.1 Å². The minimum atomic E-state index is -4.80. The molecule has 0 unspecified atom stereocenters. The number of amides is 1. The van der Waals surface area contributed by atoms with Gasteiger partial charge in [-0.3, -0.25) is 4.79 Å². The van der Waals surface area contributed by atoms with Gasteiger partial charge in [-0.2, -0.15) is 13.2 Å². The van der Waals surface area contributed by atoms with Crippen LogP contribution in [0, 0.1) is 5.82 Å². The summed E-state index contributed by atoms with van der Waals surface area (Å²) < 4.78 is 50.8. The average Bonchev–Trinajstić information content (AvgIpc) is 2.41. The molecular formula is C15H11F4NO. The number of hydrogen-bond acceptors (Lipinski definition) is 1. The van der Waals surface area contributed by atoms with Crippen LogP contribution in [-0.4, -0.2) is 5.91 Å². The van der Waals surface area contributed by atoms with E-state index in [1.54, 1.807) is 30.3 Å². The maximum Gasteiger partial charge on any atom is 0.419 e. The van der Waals surface area contributed by atoms with E-state index in [-0.39, 0.29) is 12.1 Å². The van der Waals surface area contributed by atoms with Crippen LogP contribution in [0.25, 0.3) is 0 Å². The van der Waals surface area contributed by atoms with Gasteiger partial charge in [0.1, 0.15) is 5.82 Å². The predicted octanol–water partition coefficient (Wildman–Crippen LogP) is 4.03. The first-order chi connectivity index (χ1) is 9.86. The zero-order valence-corrected chi connectivity index (χ0v) is 10.7.